The van der Waals surface area contributed by atoms with E-state index in [4.69, 9.17) is 9.15 Å². The summed E-state index contributed by atoms with van der Waals surface area (Å²) in [6.45, 7) is 1.71. The zero-order chi connectivity index (χ0) is 22.3. The molecule has 168 valence electrons. The number of hydrogen-bond acceptors (Lipinski definition) is 6. The standard InChI is InChI=1S/C24H26FN3O3S/c1-17(30-21-15-9-8-14-20(21)25)23-26-27-24(31-23)32-16-22(29)28(18-10-4-2-5-11-18)19-12-6-3-7-13-19/h2,4-5,8-11,14-15,17,19H,3,6-7,12-13,16H2,1H3/t17-/m1/s1. The summed E-state index contributed by atoms with van der Waals surface area (Å²) in [6.07, 6.45) is 4.91. The normalized spacial score (nSPS) is 15.3. The van der Waals surface area contributed by atoms with Crippen LogP contribution in [0.3, 0.4) is 0 Å². The van der Waals surface area contributed by atoms with E-state index in [0.29, 0.717) is 0 Å². The third-order valence-electron chi connectivity index (χ3n) is 5.47. The molecule has 3 aromatic rings. The Morgan fingerprint density at radius 2 is 1.84 bits per heavy atom. The van der Waals surface area contributed by atoms with Crippen LogP contribution < -0.4 is 9.64 Å². The number of anilines is 1. The van der Waals surface area contributed by atoms with Crippen LogP contribution in [0, 0.1) is 5.82 Å². The molecule has 1 saturated carbocycles. The summed E-state index contributed by atoms with van der Waals surface area (Å²) in [7, 11) is 0. The maximum absolute atomic E-state index is 13.8. The molecular formula is C24H26FN3O3S. The number of nitrogens with zero attached hydrogens (tertiary/aromatic N) is 3. The van der Waals surface area contributed by atoms with Gasteiger partial charge in [-0.1, -0.05) is 61.4 Å². The number of benzene rings is 2. The lowest BCUT2D eigenvalue weighted by Gasteiger charge is -2.34. The first-order valence-electron chi connectivity index (χ1n) is 10.9. The number of para-hydroxylation sites is 2. The van der Waals surface area contributed by atoms with E-state index in [1.54, 1.807) is 25.1 Å². The second kappa shape index (κ2) is 10.6. The molecule has 1 aliphatic carbocycles. The van der Waals surface area contributed by atoms with Crippen LogP contribution in [0.15, 0.2) is 64.2 Å². The van der Waals surface area contributed by atoms with Crippen molar-refractivity contribution in [1.82, 2.24) is 10.2 Å². The van der Waals surface area contributed by atoms with Gasteiger partial charge in [0.1, 0.15) is 0 Å². The number of thioether (sulfide) groups is 1. The number of carbonyl (C=O) groups is 1. The van der Waals surface area contributed by atoms with Crippen molar-refractivity contribution in [3.05, 3.63) is 66.3 Å². The quantitative estimate of drug-likeness (QED) is 0.400. The molecule has 2 aromatic carbocycles. The van der Waals surface area contributed by atoms with Crippen molar-refractivity contribution >= 4 is 23.4 Å². The number of amides is 1. The van der Waals surface area contributed by atoms with E-state index in [1.165, 1.54) is 24.2 Å². The van der Waals surface area contributed by atoms with Crippen molar-refractivity contribution in [2.24, 2.45) is 0 Å². The summed E-state index contributed by atoms with van der Waals surface area (Å²) in [6, 6.07) is 16.2. The average molecular weight is 456 g/mol. The van der Waals surface area contributed by atoms with Gasteiger partial charge in [-0.25, -0.2) is 4.39 Å². The molecule has 0 radical (unpaired) electrons. The van der Waals surface area contributed by atoms with Crippen molar-refractivity contribution in [1.29, 1.82) is 0 Å². The maximum Gasteiger partial charge on any atom is 0.277 e. The van der Waals surface area contributed by atoms with E-state index >= 15 is 0 Å². The lowest BCUT2D eigenvalue weighted by atomic mass is 9.93. The van der Waals surface area contributed by atoms with E-state index in [2.05, 4.69) is 10.2 Å². The van der Waals surface area contributed by atoms with Crippen molar-refractivity contribution in [2.75, 3.05) is 10.7 Å². The lowest BCUT2D eigenvalue weighted by molar-refractivity contribution is -0.116. The van der Waals surface area contributed by atoms with Crippen molar-refractivity contribution in [3.63, 3.8) is 0 Å². The minimum Gasteiger partial charge on any atom is -0.478 e. The summed E-state index contributed by atoms with van der Waals surface area (Å²) in [5.74, 6) is 0.102. The van der Waals surface area contributed by atoms with Crippen molar-refractivity contribution in [3.8, 4) is 5.75 Å². The summed E-state index contributed by atoms with van der Waals surface area (Å²) in [4.78, 5) is 15.1. The van der Waals surface area contributed by atoms with Crippen molar-refractivity contribution < 1.29 is 18.3 Å². The molecule has 0 aliphatic heterocycles. The Morgan fingerprint density at radius 1 is 1.12 bits per heavy atom. The molecule has 32 heavy (non-hydrogen) atoms. The van der Waals surface area contributed by atoms with Crippen LogP contribution in [-0.4, -0.2) is 27.9 Å². The molecule has 1 aromatic heterocycles. The van der Waals surface area contributed by atoms with E-state index in [9.17, 15) is 9.18 Å². The van der Waals surface area contributed by atoms with E-state index in [-0.39, 0.29) is 34.6 Å². The van der Waals surface area contributed by atoms with Gasteiger partial charge in [0.05, 0.1) is 5.75 Å². The summed E-state index contributed by atoms with van der Waals surface area (Å²) in [5.41, 5.74) is 0.920. The molecule has 0 bridgehead atoms. The van der Waals surface area contributed by atoms with Gasteiger partial charge in [0.25, 0.3) is 11.1 Å². The highest BCUT2D eigenvalue weighted by Crippen LogP contribution is 2.30. The monoisotopic (exact) mass is 455 g/mol. The predicted molar refractivity (Wildman–Crippen MR) is 121 cm³/mol. The summed E-state index contributed by atoms with van der Waals surface area (Å²) in [5, 5.41) is 8.31. The van der Waals surface area contributed by atoms with E-state index in [1.807, 2.05) is 35.2 Å². The SMILES string of the molecule is C[C@@H](Oc1ccccc1F)c1nnc(SCC(=O)N(c2ccccc2)C2CCCCC2)o1. The number of aromatic nitrogens is 2. The van der Waals surface area contributed by atoms with E-state index < -0.39 is 11.9 Å². The molecule has 8 heteroatoms. The highest BCUT2D eigenvalue weighted by molar-refractivity contribution is 7.99. The Morgan fingerprint density at radius 3 is 2.59 bits per heavy atom. The van der Waals surface area contributed by atoms with Gasteiger partial charge in [0, 0.05) is 11.7 Å². The van der Waals surface area contributed by atoms with Crippen molar-refractivity contribution in [2.45, 2.75) is 56.4 Å². The van der Waals surface area contributed by atoms with Crippen LogP contribution in [-0.2, 0) is 4.79 Å². The highest BCUT2D eigenvalue weighted by Gasteiger charge is 2.27. The Bertz CT molecular complexity index is 1020. The molecule has 0 spiro atoms. The van der Waals surface area contributed by atoms with Crippen LogP contribution in [0.4, 0.5) is 10.1 Å². The largest absolute Gasteiger partial charge is 0.478 e. The smallest absolute Gasteiger partial charge is 0.277 e. The maximum atomic E-state index is 13.8. The van der Waals surface area contributed by atoms with Gasteiger partial charge in [0.15, 0.2) is 17.7 Å². The first-order chi connectivity index (χ1) is 15.6. The van der Waals surface area contributed by atoms with Crippen LogP contribution in [0.1, 0.15) is 51.0 Å². The van der Waals surface area contributed by atoms with Gasteiger partial charge < -0.3 is 14.1 Å². The van der Waals surface area contributed by atoms with Gasteiger partial charge in [-0.3, -0.25) is 4.79 Å². The van der Waals surface area contributed by atoms with Gasteiger partial charge in [-0.05, 0) is 44.0 Å². The summed E-state index contributed by atoms with van der Waals surface area (Å²) >= 11 is 1.20. The Labute approximate surface area is 191 Å². The molecule has 0 saturated heterocycles. The molecule has 4 rings (SSSR count). The molecule has 6 nitrogen and oxygen atoms in total. The topological polar surface area (TPSA) is 68.5 Å². The molecule has 1 fully saturated rings. The number of ether oxygens (including phenoxy) is 1. The Hall–Kier alpha value is -2.87. The zero-order valence-corrected chi connectivity index (χ0v) is 18.8. The highest BCUT2D eigenvalue weighted by atomic mass is 32.2. The van der Waals surface area contributed by atoms with Gasteiger partial charge in [-0.15, -0.1) is 10.2 Å². The fourth-order valence-corrected chi connectivity index (χ4v) is 4.53. The van der Waals surface area contributed by atoms with Gasteiger partial charge in [0.2, 0.25) is 5.91 Å². The molecule has 1 aliphatic rings. The van der Waals surface area contributed by atoms with Gasteiger partial charge >= 0.3 is 0 Å². The first kappa shape index (κ1) is 22.3. The fourth-order valence-electron chi connectivity index (χ4n) is 3.90. The lowest BCUT2D eigenvalue weighted by Crippen LogP contribution is -2.42. The molecule has 0 N–H and O–H groups in total. The minimum absolute atomic E-state index is 0.0171. The van der Waals surface area contributed by atoms with Crippen LogP contribution in [0.5, 0.6) is 5.75 Å². The van der Waals surface area contributed by atoms with Crippen LogP contribution in [0.2, 0.25) is 0 Å². The molecule has 1 atom stereocenters. The number of rotatable bonds is 8. The van der Waals surface area contributed by atoms with E-state index in [0.717, 1.165) is 31.4 Å². The second-order valence-electron chi connectivity index (χ2n) is 7.78. The fraction of sp³-hybridized carbons (Fsp3) is 0.375. The summed E-state index contributed by atoms with van der Waals surface area (Å²) < 4.78 is 25.1. The number of halogens is 1. The Kier molecular flexibility index (Phi) is 7.42. The first-order valence-corrected chi connectivity index (χ1v) is 11.8. The molecule has 1 heterocycles. The molecular weight excluding hydrogens is 429 g/mol. The number of carbonyl (C=O) groups excluding carboxylic acids is 1. The zero-order valence-electron chi connectivity index (χ0n) is 17.9. The Balaban J connectivity index is 1.39. The molecule has 0 unspecified atom stereocenters. The third kappa shape index (κ3) is 5.48. The van der Waals surface area contributed by atoms with Crippen LogP contribution in [0.25, 0.3) is 0 Å². The average Bonchev–Trinajstić information content (AvgIpc) is 3.30. The van der Waals surface area contributed by atoms with Gasteiger partial charge in [-0.2, -0.15) is 0 Å². The number of hydrogen-bond donors (Lipinski definition) is 0. The third-order valence-corrected chi connectivity index (χ3v) is 6.28. The van der Waals surface area contributed by atoms with Crippen LogP contribution >= 0.6 is 11.8 Å². The molecule has 1 amide bonds. The second-order valence-corrected chi connectivity index (χ2v) is 8.70. The predicted octanol–water partition coefficient (Wildman–Crippen LogP) is 5.81. The minimum atomic E-state index is -0.618.